The molecule has 0 radical (unpaired) electrons. The average molecular weight is 477 g/mol. The first-order valence-electron chi connectivity index (χ1n) is 11.4. The van der Waals surface area contributed by atoms with Crippen LogP contribution in [0.2, 0.25) is 0 Å². The van der Waals surface area contributed by atoms with Gasteiger partial charge in [0.2, 0.25) is 5.91 Å². The number of ether oxygens (including phenoxy) is 2. The van der Waals surface area contributed by atoms with Gasteiger partial charge in [0.05, 0.1) is 26.8 Å². The monoisotopic (exact) mass is 476 g/mol. The first-order chi connectivity index (χ1) is 16.9. The number of hydrogen-bond acceptors (Lipinski definition) is 6. The fraction of sp³-hybridized carbons (Fsp3) is 0.308. The van der Waals surface area contributed by atoms with E-state index in [1.807, 2.05) is 48.5 Å². The largest absolute Gasteiger partial charge is 0.496 e. The van der Waals surface area contributed by atoms with E-state index in [0.717, 1.165) is 11.1 Å². The third-order valence-electron chi connectivity index (χ3n) is 6.09. The summed E-state index contributed by atoms with van der Waals surface area (Å²) >= 11 is 0. The van der Waals surface area contributed by atoms with Gasteiger partial charge in [0, 0.05) is 18.2 Å². The lowest BCUT2D eigenvalue weighted by atomic mass is 9.94. The SMILES string of the molecule is CCOC(=O)c1cc2n(n1)C[C@@](C)(C(=O)NCc1ccccc1)N(Cc1ccccc1OC)C2=O. The Balaban J connectivity index is 1.70. The van der Waals surface area contributed by atoms with Gasteiger partial charge < -0.3 is 19.7 Å². The highest BCUT2D eigenvalue weighted by molar-refractivity contribution is 6.01. The van der Waals surface area contributed by atoms with Gasteiger partial charge in [0.25, 0.3) is 5.91 Å². The van der Waals surface area contributed by atoms with E-state index in [1.54, 1.807) is 27.0 Å². The Labute approximate surface area is 203 Å². The molecule has 1 aromatic heterocycles. The molecule has 0 fully saturated rings. The lowest BCUT2D eigenvalue weighted by molar-refractivity contribution is -0.133. The van der Waals surface area contributed by atoms with Gasteiger partial charge in [0.15, 0.2) is 5.69 Å². The van der Waals surface area contributed by atoms with Crippen LogP contribution in [0.15, 0.2) is 60.7 Å². The topological polar surface area (TPSA) is 103 Å². The lowest BCUT2D eigenvalue weighted by Gasteiger charge is -2.43. The van der Waals surface area contributed by atoms with Gasteiger partial charge in [-0.05, 0) is 25.5 Å². The highest BCUT2D eigenvalue weighted by atomic mass is 16.5. The molecule has 182 valence electrons. The molecule has 1 atom stereocenters. The fourth-order valence-electron chi connectivity index (χ4n) is 4.17. The molecule has 3 aromatic rings. The highest BCUT2D eigenvalue weighted by Crippen LogP contribution is 2.31. The van der Waals surface area contributed by atoms with Gasteiger partial charge in [-0.25, -0.2) is 4.79 Å². The molecule has 0 aliphatic carbocycles. The number of para-hydroxylation sites is 1. The number of methoxy groups -OCH3 is 1. The second-order valence-corrected chi connectivity index (χ2v) is 8.44. The van der Waals surface area contributed by atoms with E-state index in [4.69, 9.17) is 9.47 Å². The number of benzene rings is 2. The molecule has 0 bridgehead atoms. The van der Waals surface area contributed by atoms with Gasteiger partial charge in [-0.3, -0.25) is 14.3 Å². The fourth-order valence-corrected chi connectivity index (χ4v) is 4.17. The Kier molecular flexibility index (Phi) is 6.86. The van der Waals surface area contributed by atoms with E-state index in [9.17, 15) is 14.4 Å². The molecule has 4 rings (SSSR count). The van der Waals surface area contributed by atoms with E-state index in [1.165, 1.54) is 15.6 Å². The summed E-state index contributed by atoms with van der Waals surface area (Å²) in [6.45, 7) is 4.11. The van der Waals surface area contributed by atoms with Crippen molar-refractivity contribution in [3.8, 4) is 5.75 Å². The number of carbonyl (C=O) groups excluding carboxylic acids is 3. The minimum absolute atomic E-state index is 0.0291. The maximum absolute atomic E-state index is 13.7. The summed E-state index contributed by atoms with van der Waals surface area (Å²) in [4.78, 5) is 41.1. The predicted molar refractivity (Wildman–Crippen MR) is 128 cm³/mol. The summed E-state index contributed by atoms with van der Waals surface area (Å²) in [7, 11) is 1.56. The lowest BCUT2D eigenvalue weighted by Crippen LogP contribution is -2.63. The molecule has 35 heavy (non-hydrogen) atoms. The Bertz CT molecular complexity index is 1240. The number of carbonyl (C=O) groups is 3. The van der Waals surface area contributed by atoms with Crippen LogP contribution in [0.4, 0.5) is 0 Å². The van der Waals surface area contributed by atoms with Gasteiger partial charge in [-0.15, -0.1) is 0 Å². The van der Waals surface area contributed by atoms with Crippen molar-refractivity contribution < 1.29 is 23.9 Å². The molecule has 2 amide bonds. The molecule has 9 heteroatoms. The second kappa shape index (κ2) is 10.0. The van der Waals surface area contributed by atoms with Crippen LogP contribution >= 0.6 is 0 Å². The second-order valence-electron chi connectivity index (χ2n) is 8.44. The predicted octanol–water partition coefficient (Wildman–Crippen LogP) is 2.80. The normalized spacial score (nSPS) is 17.0. The minimum Gasteiger partial charge on any atom is -0.496 e. The number of esters is 1. The molecular formula is C26H28N4O5. The standard InChI is InChI=1S/C26H28N4O5/c1-4-35-24(32)20-14-21-23(31)29(16-19-12-8-9-13-22(19)34-3)26(2,17-30(21)28-20)25(33)27-15-18-10-6-5-7-11-18/h5-14H,4,15-17H2,1-3H3,(H,27,33)/t26-/m0/s1. The smallest absolute Gasteiger partial charge is 0.358 e. The summed E-state index contributed by atoms with van der Waals surface area (Å²) in [5, 5.41) is 7.24. The molecular weight excluding hydrogens is 448 g/mol. The van der Waals surface area contributed by atoms with Gasteiger partial charge in [-0.1, -0.05) is 48.5 Å². The van der Waals surface area contributed by atoms with Crippen molar-refractivity contribution in [3.05, 3.63) is 83.2 Å². The van der Waals surface area contributed by atoms with Crippen molar-refractivity contribution in [2.24, 2.45) is 0 Å². The van der Waals surface area contributed by atoms with Crippen molar-refractivity contribution in [2.75, 3.05) is 13.7 Å². The summed E-state index contributed by atoms with van der Waals surface area (Å²) in [6.07, 6.45) is 0. The maximum Gasteiger partial charge on any atom is 0.358 e. The number of amides is 2. The zero-order valence-corrected chi connectivity index (χ0v) is 20.0. The Morgan fingerprint density at radius 1 is 1.11 bits per heavy atom. The maximum atomic E-state index is 13.7. The van der Waals surface area contributed by atoms with Crippen LogP contribution in [0.3, 0.4) is 0 Å². The quantitative estimate of drug-likeness (QED) is 0.502. The van der Waals surface area contributed by atoms with Crippen LogP contribution in [0.1, 0.15) is 46.0 Å². The van der Waals surface area contributed by atoms with Crippen LogP contribution in [0.5, 0.6) is 5.75 Å². The minimum atomic E-state index is -1.28. The Hall–Kier alpha value is -4.14. The third kappa shape index (κ3) is 4.75. The number of fused-ring (bicyclic) bond motifs is 1. The van der Waals surface area contributed by atoms with Crippen molar-refractivity contribution >= 4 is 17.8 Å². The van der Waals surface area contributed by atoms with E-state index in [0.29, 0.717) is 12.3 Å². The summed E-state index contributed by atoms with van der Waals surface area (Å²) in [5.41, 5.74) is 0.659. The zero-order chi connectivity index (χ0) is 25.0. The van der Waals surface area contributed by atoms with Crippen molar-refractivity contribution in [1.82, 2.24) is 20.0 Å². The molecule has 9 nitrogen and oxygen atoms in total. The number of nitrogens with zero attached hydrogens (tertiary/aromatic N) is 3. The average Bonchev–Trinajstić information content (AvgIpc) is 3.30. The molecule has 1 aliphatic rings. The van der Waals surface area contributed by atoms with Crippen LogP contribution in [0.25, 0.3) is 0 Å². The summed E-state index contributed by atoms with van der Waals surface area (Å²) < 4.78 is 11.9. The Morgan fingerprint density at radius 3 is 2.54 bits per heavy atom. The van der Waals surface area contributed by atoms with Gasteiger partial charge >= 0.3 is 5.97 Å². The van der Waals surface area contributed by atoms with Crippen LogP contribution in [0, 0.1) is 0 Å². The molecule has 1 N–H and O–H groups in total. The number of aromatic nitrogens is 2. The summed E-state index contributed by atoms with van der Waals surface area (Å²) in [6, 6.07) is 18.3. The number of rotatable bonds is 8. The van der Waals surface area contributed by atoms with Gasteiger partial charge in [-0.2, -0.15) is 5.10 Å². The van der Waals surface area contributed by atoms with E-state index < -0.39 is 17.4 Å². The first kappa shape index (κ1) is 24.0. The number of nitrogens with one attached hydrogen (secondary N) is 1. The highest BCUT2D eigenvalue weighted by Gasteiger charge is 2.48. The Morgan fingerprint density at radius 2 is 1.83 bits per heavy atom. The van der Waals surface area contributed by atoms with Crippen LogP contribution in [-0.4, -0.2) is 51.7 Å². The molecule has 1 aliphatic heterocycles. The van der Waals surface area contributed by atoms with E-state index >= 15 is 0 Å². The summed E-state index contributed by atoms with van der Waals surface area (Å²) in [5.74, 6) is -0.752. The van der Waals surface area contributed by atoms with Crippen LogP contribution in [-0.2, 0) is 29.2 Å². The third-order valence-corrected chi connectivity index (χ3v) is 6.09. The zero-order valence-electron chi connectivity index (χ0n) is 20.0. The molecule has 0 saturated carbocycles. The number of hydrogen-bond donors (Lipinski definition) is 1. The molecule has 2 heterocycles. The molecule has 0 unspecified atom stereocenters. The molecule has 0 saturated heterocycles. The molecule has 2 aromatic carbocycles. The van der Waals surface area contributed by atoms with Gasteiger partial charge in [0.1, 0.15) is 17.0 Å². The molecule has 0 spiro atoms. The van der Waals surface area contributed by atoms with Crippen molar-refractivity contribution in [1.29, 1.82) is 0 Å². The van der Waals surface area contributed by atoms with Crippen LogP contribution < -0.4 is 10.1 Å². The first-order valence-corrected chi connectivity index (χ1v) is 11.4. The van der Waals surface area contributed by atoms with Crippen molar-refractivity contribution in [3.63, 3.8) is 0 Å². The van der Waals surface area contributed by atoms with Crippen molar-refractivity contribution in [2.45, 2.75) is 39.0 Å². The van der Waals surface area contributed by atoms with E-state index in [2.05, 4.69) is 10.4 Å². The van der Waals surface area contributed by atoms with E-state index in [-0.39, 0.29) is 37.0 Å².